The van der Waals surface area contributed by atoms with Crippen molar-refractivity contribution >= 4 is 21.6 Å². The number of rotatable bonds is 9. The number of aliphatic hydroxyl groups excluding tert-OH is 1. The van der Waals surface area contributed by atoms with E-state index in [4.69, 9.17) is 15.9 Å². The first-order chi connectivity index (χ1) is 14.0. The maximum absolute atomic E-state index is 12.8. The Morgan fingerprint density at radius 2 is 2.17 bits per heavy atom. The van der Waals surface area contributed by atoms with Crippen LogP contribution in [0.3, 0.4) is 0 Å². The number of H-pyrrole nitrogens is 1. The zero-order valence-corrected chi connectivity index (χ0v) is 17.2. The van der Waals surface area contributed by atoms with E-state index in [-0.39, 0.29) is 18.8 Å². The number of methoxy groups -OCH3 is 1. The van der Waals surface area contributed by atoms with Gasteiger partial charge in [-0.2, -0.15) is 0 Å². The minimum atomic E-state index is -0.678. The zero-order chi connectivity index (χ0) is 20.8. The van der Waals surface area contributed by atoms with Gasteiger partial charge in [-0.1, -0.05) is 24.1 Å². The predicted octanol–water partition coefficient (Wildman–Crippen LogP) is 2.10. The van der Waals surface area contributed by atoms with Gasteiger partial charge in [0.2, 0.25) is 0 Å². The van der Waals surface area contributed by atoms with Gasteiger partial charge in [0.15, 0.2) is 0 Å². The molecule has 0 aliphatic carbocycles. The van der Waals surface area contributed by atoms with Gasteiger partial charge in [0.05, 0.1) is 31.8 Å². The highest BCUT2D eigenvalue weighted by Gasteiger charge is 2.17. The summed E-state index contributed by atoms with van der Waals surface area (Å²) in [5.74, 6) is 3.60. The van der Waals surface area contributed by atoms with Gasteiger partial charge in [-0.25, -0.2) is 4.98 Å². The van der Waals surface area contributed by atoms with E-state index in [0.717, 1.165) is 11.1 Å². The van der Waals surface area contributed by atoms with Gasteiger partial charge in [0.1, 0.15) is 23.0 Å². The first-order valence-corrected chi connectivity index (χ1v) is 9.93. The number of aromatic amines is 1. The third-order valence-electron chi connectivity index (χ3n) is 4.33. The summed E-state index contributed by atoms with van der Waals surface area (Å²) in [5, 5.41) is 12.5. The number of benzene rings is 1. The number of thiophene rings is 1. The van der Waals surface area contributed by atoms with Crippen molar-refractivity contribution in [2.45, 2.75) is 12.6 Å². The third kappa shape index (κ3) is 5.02. The van der Waals surface area contributed by atoms with Gasteiger partial charge in [0, 0.05) is 23.1 Å². The number of para-hydroxylation sites is 1. The predicted molar refractivity (Wildman–Crippen MR) is 114 cm³/mol. The Hall–Kier alpha value is -2.70. The van der Waals surface area contributed by atoms with Crippen molar-refractivity contribution in [2.75, 3.05) is 33.9 Å². The smallest absolute Gasteiger partial charge is 0.260 e. The van der Waals surface area contributed by atoms with E-state index >= 15 is 0 Å². The van der Waals surface area contributed by atoms with Crippen molar-refractivity contribution in [2.24, 2.45) is 0 Å². The lowest BCUT2D eigenvalue weighted by Gasteiger charge is -2.19. The summed E-state index contributed by atoms with van der Waals surface area (Å²) >= 11 is 1.42. The molecular formula is C21H23N3O4S. The molecule has 152 valence electrons. The molecule has 8 heteroatoms. The molecule has 7 nitrogen and oxygen atoms in total. The Bertz CT molecular complexity index is 1070. The molecule has 0 bridgehead atoms. The van der Waals surface area contributed by atoms with Crippen molar-refractivity contribution < 1.29 is 14.6 Å². The topological polar surface area (TPSA) is 87.7 Å². The van der Waals surface area contributed by atoms with Gasteiger partial charge in [-0.05, 0) is 13.1 Å². The van der Waals surface area contributed by atoms with E-state index in [1.54, 1.807) is 7.11 Å². The number of hydrogen-bond acceptors (Lipinski definition) is 7. The zero-order valence-electron chi connectivity index (χ0n) is 16.3. The Morgan fingerprint density at radius 1 is 1.38 bits per heavy atom. The van der Waals surface area contributed by atoms with E-state index in [0.29, 0.717) is 34.9 Å². The number of hydrogen-bond donors (Lipinski definition) is 2. The van der Waals surface area contributed by atoms with Crippen LogP contribution in [0.4, 0.5) is 0 Å². The highest BCUT2D eigenvalue weighted by Crippen LogP contribution is 2.36. The van der Waals surface area contributed by atoms with Crippen LogP contribution >= 0.6 is 11.3 Å². The second-order valence-corrected chi connectivity index (χ2v) is 7.47. The highest BCUT2D eigenvalue weighted by molar-refractivity contribution is 7.17. The molecule has 2 N–H and O–H groups in total. The molecular weight excluding hydrogens is 390 g/mol. The maximum atomic E-state index is 12.8. The van der Waals surface area contributed by atoms with Gasteiger partial charge < -0.3 is 19.6 Å². The molecule has 2 heterocycles. The van der Waals surface area contributed by atoms with E-state index in [1.807, 2.05) is 41.6 Å². The molecule has 0 aliphatic heterocycles. The molecule has 0 saturated carbocycles. The average molecular weight is 413 g/mol. The van der Waals surface area contributed by atoms with Crippen LogP contribution in [0.2, 0.25) is 0 Å². The van der Waals surface area contributed by atoms with Gasteiger partial charge in [-0.3, -0.25) is 9.69 Å². The molecule has 3 rings (SSSR count). The number of likely N-dealkylation sites (N-methyl/N-ethyl adjacent to an activating group) is 1. The van der Waals surface area contributed by atoms with Gasteiger partial charge >= 0.3 is 0 Å². The summed E-state index contributed by atoms with van der Waals surface area (Å²) in [6.45, 7) is 1.08. The van der Waals surface area contributed by atoms with Crippen LogP contribution in [-0.4, -0.2) is 60.0 Å². The number of nitrogens with zero attached hydrogens (tertiary/aromatic N) is 2. The Labute approximate surface area is 172 Å². The number of nitrogens with one attached hydrogen (secondary N) is 1. The summed E-state index contributed by atoms with van der Waals surface area (Å²) in [7, 11) is 3.44. The van der Waals surface area contributed by atoms with E-state index in [2.05, 4.69) is 15.9 Å². The standard InChI is InChI=1S/C21H23N3O4S/c1-4-9-28-12-14(25)10-24(2)11-18-22-20(26)19-16(13-29-21(19)23-18)15-7-5-6-8-17(15)27-3/h1,5-8,13-14,25H,9-12H2,2-3H3,(H,22,23,26). The Kier molecular flexibility index (Phi) is 7.01. The average Bonchev–Trinajstić information content (AvgIpc) is 3.12. The fourth-order valence-corrected chi connectivity index (χ4v) is 4.08. The summed E-state index contributed by atoms with van der Waals surface area (Å²) in [6.07, 6.45) is 4.44. The van der Waals surface area contributed by atoms with Crippen LogP contribution in [0.15, 0.2) is 34.4 Å². The molecule has 1 aromatic carbocycles. The highest BCUT2D eigenvalue weighted by atomic mass is 32.1. The summed E-state index contributed by atoms with van der Waals surface area (Å²) in [6, 6.07) is 7.58. The van der Waals surface area contributed by atoms with Crippen LogP contribution in [0.25, 0.3) is 21.3 Å². The van der Waals surface area contributed by atoms with Crippen molar-refractivity contribution in [1.82, 2.24) is 14.9 Å². The molecule has 3 aromatic rings. The Morgan fingerprint density at radius 3 is 2.93 bits per heavy atom. The minimum absolute atomic E-state index is 0.157. The van der Waals surface area contributed by atoms with E-state index < -0.39 is 6.10 Å². The molecule has 0 radical (unpaired) electrons. The van der Waals surface area contributed by atoms with Crippen LogP contribution in [0, 0.1) is 12.3 Å². The first-order valence-electron chi connectivity index (χ1n) is 9.05. The van der Waals surface area contributed by atoms with Crippen LogP contribution in [0.5, 0.6) is 5.75 Å². The SMILES string of the molecule is C#CCOCC(O)CN(C)Cc1nc2scc(-c3ccccc3OC)c2c(=O)[nH]1. The number of aromatic nitrogens is 2. The van der Waals surface area contributed by atoms with Gasteiger partial charge in [0.25, 0.3) is 5.56 Å². The van der Waals surface area contributed by atoms with E-state index in [9.17, 15) is 9.90 Å². The summed E-state index contributed by atoms with van der Waals surface area (Å²) in [5.41, 5.74) is 1.46. The molecule has 1 unspecified atom stereocenters. The monoisotopic (exact) mass is 413 g/mol. The lowest BCUT2D eigenvalue weighted by atomic mass is 10.1. The quantitative estimate of drug-likeness (QED) is 0.413. The summed E-state index contributed by atoms with van der Waals surface area (Å²) < 4.78 is 10.6. The molecule has 1 atom stereocenters. The second-order valence-electron chi connectivity index (χ2n) is 6.61. The van der Waals surface area contributed by atoms with Crippen LogP contribution in [0.1, 0.15) is 5.82 Å². The number of terminal acetylenes is 1. The molecule has 29 heavy (non-hydrogen) atoms. The number of ether oxygens (including phenoxy) is 2. The van der Waals surface area contributed by atoms with E-state index in [1.165, 1.54) is 11.3 Å². The van der Waals surface area contributed by atoms with Crippen LogP contribution < -0.4 is 10.3 Å². The Balaban J connectivity index is 1.79. The molecule has 0 amide bonds. The lowest BCUT2D eigenvalue weighted by molar-refractivity contribution is 0.0310. The largest absolute Gasteiger partial charge is 0.496 e. The molecule has 0 saturated heterocycles. The second kappa shape index (κ2) is 9.67. The minimum Gasteiger partial charge on any atom is -0.496 e. The molecule has 0 fully saturated rings. The van der Waals surface area contributed by atoms with Crippen molar-refractivity contribution in [3.05, 3.63) is 45.8 Å². The fraction of sp³-hybridized carbons (Fsp3) is 0.333. The molecule has 0 aliphatic rings. The fourth-order valence-electron chi connectivity index (χ4n) is 3.12. The van der Waals surface area contributed by atoms with Crippen molar-refractivity contribution in [3.63, 3.8) is 0 Å². The maximum Gasteiger partial charge on any atom is 0.260 e. The molecule has 2 aromatic heterocycles. The van der Waals surface area contributed by atoms with Crippen molar-refractivity contribution in [1.29, 1.82) is 0 Å². The summed E-state index contributed by atoms with van der Waals surface area (Å²) in [4.78, 5) is 22.8. The van der Waals surface area contributed by atoms with Crippen LogP contribution in [-0.2, 0) is 11.3 Å². The van der Waals surface area contributed by atoms with Gasteiger partial charge in [-0.15, -0.1) is 17.8 Å². The number of fused-ring (bicyclic) bond motifs is 1. The van der Waals surface area contributed by atoms with Crippen molar-refractivity contribution in [3.8, 4) is 29.2 Å². The normalized spacial score (nSPS) is 12.2. The lowest BCUT2D eigenvalue weighted by Crippen LogP contribution is -2.32. The number of aliphatic hydroxyl groups is 1. The third-order valence-corrected chi connectivity index (χ3v) is 5.20. The first kappa shape index (κ1) is 21.0. The molecule has 0 spiro atoms.